The number of halogens is 1. The molecule has 2 heterocycles. The fraction of sp³-hybridized carbons (Fsp3) is 0.143. The van der Waals surface area contributed by atoms with Crippen LogP contribution >= 0.6 is 11.6 Å². The Hall–Kier alpha value is -1.49. The van der Waals surface area contributed by atoms with E-state index in [2.05, 4.69) is 10.1 Å². The van der Waals surface area contributed by atoms with Crippen molar-refractivity contribution in [3.63, 3.8) is 0 Å². The van der Waals surface area contributed by atoms with E-state index in [1.165, 1.54) is 0 Å². The minimum absolute atomic E-state index is 0.254. The number of aromatic amines is 1. The molecule has 3 N–H and O–H groups in total. The number of nitrogens with two attached hydrogens (primary N) is 1. The average Bonchev–Trinajstić information content (AvgIpc) is 2.27. The van der Waals surface area contributed by atoms with Gasteiger partial charge < -0.3 is 10.8 Å². The van der Waals surface area contributed by atoms with Crippen molar-refractivity contribution in [1.82, 2.24) is 14.9 Å². The summed E-state index contributed by atoms with van der Waals surface area (Å²) < 4.78 is 0. The molecule has 0 saturated heterocycles. The lowest BCUT2D eigenvalue weighted by Crippen LogP contribution is -2.11. The van der Waals surface area contributed by atoms with Gasteiger partial charge in [0.05, 0.1) is 11.1 Å². The first-order valence-corrected chi connectivity index (χ1v) is 4.00. The summed E-state index contributed by atoms with van der Waals surface area (Å²) in [4.78, 5) is 15.0. The maximum atomic E-state index is 11.4. The van der Waals surface area contributed by atoms with Gasteiger partial charge in [-0.1, -0.05) is 11.6 Å². The number of hydrogen-bond acceptors (Lipinski definition) is 3. The Bertz CT molecular complexity index is 527. The van der Waals surface area contributed by atoms with Crippen molar-refractivity contribution < 1.29 is 0 Å². The minimum Gasteiger partial charge on any atom is -0.323 e. The van der Waals surface area contributed by atoms with E-state index >= 15 is 0 Å². The second-order valence-corrected chi connectivity index (χ2v) is 3.14. The van der Waals surface area contributed by atoms with Crippen LogP contribution in [0.25, 0.3) is 10.9 Å². The molecule has 0 spiro atoms. The van der Waals surface area contributed by atoms with Gasteiger partial charge in [-0.3, -0.25) is 4.79 Å². The molecule has 68 valence electrons. The molecule has 0 aliphatic carbocycles. The van der Waals surface area contributed by atoms with E-state index in [-0.39, 0.29) is 10.7 Å². The highest BCUT2D eigenvalue weighted by molar-refractivity contribution is 6.30. The fourth-order valence-electron chi connectivity index (χ4n) is 1.31. The van der Waals surface area contributed by atoms with E-state index in [9.17, 15) is 4.79 Å². The quantitative estimate of drug-likeness (QED) is 0.475. The van der Waals surface area contributed by atoms with Gasteiger partial charge in [0.15, 0.2) is 0 Å². The van der Waals surface area contributed by atoms with Crippen molar-refractivity contribution in [3.8, 4) is 0 Å². The third-order valence-electron chi connectivity index (χ3n) is 1.85. The SMILES string of the molecule is Cc1nn(N)c2cc(Cl)[nH]c(=O)c12. The minimum atomic E-state index is -0.267. The number of nitrogens with one attached hydrogen (secondary N) is 1. The maximum absolute atomic E-state index is 11.4. The van der Waals surface area contributed by atoms with Crippen LogP contribution < -0.4 is 11.4 Å². The van der Waals surface area contributed by atoms with Gasteiger partial charge in [-0.2, -0.15) is 9.89 Å². The number of aryl methyl sites for hydroxylation is 1. The summed E-state index contributed by atoms with van der Waals surface area (Å²) in [5.74, 6) is 5.51. The lowest BCUT2D eigenvalue weighted by atomic mass is 10.3. The highest BCUT2D eigenvalue weighted by atomic mass is 35.5. The van der Waals surface area contributed by atoms with Gasteiger partial charge in [-0.05, 0) is 6.92 Å². The Morgan fingerprint density at radius 2 is 2.38 bits per heavy atom. The molecule has 0 fully saturated rings. The van der Waals surface area contributed by atoms with Crippen molar-refractivity contribution in [2.75, 3.05) is 5.84 Å². The molecule has 0 bridgehead atoms. The molecule has 2 aromatic rings. The zero-order chi connectivity index (χ0) is 9.59. The lowest BCUT2D eigenvalue weighted by molar-refractivity contribution is 0.844. The van der Waals surface area contributed by atoms with Crippen molar-refractivity contribution in [2.45, 2.75) is 6.92 Å². The Morgan fingerprint density at radius 1 is 1.69 bits per heavy atom. The van der Waals surface area contributed by atoms with Crippen LogP contribution in [0, 0.1) is 6.92 Å². The van der Waals surface area contributed by atoms with E-state index in [4.69, 9.17) is 17.4 Å². The Kier molecular flexibility index (Phi) is 1.56. The van der Waals surface area contributed by atoms with Gasteiger partial charge in [0.1, 0.15) is 10.7 Å². The summed E-state index contributed by atoms with van der Waals surface area (Å²) >= 11 is 5.65. The molecule has 0 aliphatic heterocycles. The molecule has 0 aromatic carbocycles. The fourth-order valence-corrected chi connectivity index (χ4v) is 1.50. The van der Waals surface area contributed by atoms with Crippen molar-refractivity contribution in [3.05, 3.63) is 27.3 Å². The molecule has 2 aromatic heterocycles. The Morgan fingerprint density at radius 3 is 3.08 bits per heavy atom. The number of nitrogen functional groups attached to an aromatic ring is 1. The number of pyridine rings is 1. The summed E-state index contributed by atoms with van der Waals surface area (Å²) in [5, 5.41) is 4.64. The molecule has 0 unspecified atom stereocenters. The maximum Gasteiger partial charge on any atom is 0.260 e. The number of aromatic nitrogens is 3. The molecule has 5 nitrogen and oxygen atoms in total. The molecule has 2 rings (SSSR count). The standard InChI is InChI=1S/C7H7ClN4O/c1-3-6-4(12(9)11-3)2-5(8)10-7(6)13/h2H,9H2,1H3,(H,10,13). The first-order chi connectivity index (χ1) is 6.09. The van der Waals surface area contributed by atoms with E-state index < -0.39 is 0 Å². The van der Waals surface area contributed by atoms with Crippen molar-refractivity contribution in [2.24, 2.45) is 0 Å². The number of nitrogens with zero attached hydrogens (tertiary/aromatic N) is 2. The van der Waals surface area contributed by atoms with Gasteiger partial charge in [0.2, 0.25) is 0 Å². The normalized spacial score (nSPS) is 10.9. The summed E-state index contributed by atoms with van der Waals surface area (Å²) in [6.07, 6.45) is 0. The number of hydrogen-bond donors (Lipinski definition) is 2. The van der Waals surface area contributed by atoms with Gasteiger partial charge in [-0.25, -0.2) is 0 Å². The van der Waals surface area contributed by atoms with E-state index in [0.717, 1.165) is 4.79 Å². The second-order valence-electron chi connectivity index (χ2n) is 2.74. The van der Waals surface area contributed by atoms with E-state index in [1.807, 2.05) is 0 Å². The molecule has 0 atom stereocenters. The molecule has 0 aliphatic rings. The topological polar surface area (TPSA) is 76.7 Å². The second kappa shape index (κ2) is 2.50. The van der Waals surface area contributed by atoms with E-state index in [1.54, 1.807) is 13.0 Å². The van der Waals surface area contributed by atoms with Crippen LogP contribution in [-0.2, 0) is 0 Å². The summed E-state index contributed by atoms with van der Waals surface area (Å²) in [6.45, 7) is 1.72. The molecule has 13 heavy (non-hydrogen) atoms. The average molecular weight is 199 g/mol. The van der Waals surface area contributed by atoms with Gasteiger partial charge >= 0.3 is 0 Å². The summed E-state index contributed by atoms with van der Waals surface area (Å²) in [6, 6.07) is 1.57. The lowest BCUT2D eigenvalue weighted by Gasteiger charge is -1.93. The zero-order valence-electron chi connectivity index (χ0n) is 6.84. The first-order valence-electron chi connectivity index (χ1n) is 3.63. The largest absolute Gasteiger partial charge is 0.323 e. The van der Waals surface area contributed by atoms with Crippen LogP contribution in [0.4, 0.5) is 0 Å². The van der Waals surface area contributed by atoms with Gasteiger partial charge in [0, 0.05) is 6.07 Å². The molecular weight excluding hydrogens is 192 g/mol. The van der Waals surface area contributed by atoms with Crippen LogP contribution in [0.2, 0.25) is 5.15 Å². The van der Waals surface area contributed by atoms with Crippen LogP contribution in [0.5, 0.6) is 0 Å². The van der Waals surface area contributed by atoms with Gasteiger partial charge in [-0.15, -0.1) is 0 Å². The van der Waals surface area contributed by atoms with Crippen LogP contribution in [0.1, 0.15) is 5.69 Å². The predicted molar refractivity (Wildman–Crippen MR) is 50.3 cm³/mol. The number of rotatable bonds is 0. The molecule has 6 heteroatoms. The first kappa shape index (κ1) is 8.12. The molecule has 0 amide bonds. The summed E-state index contributed by atoms with van der Waals surface area (Å²) in [5.41, 5.74) is 0.860. The van der Waals surface area contributed by atoms with Gasteiger partial charge in [0.25, 0.3) is 5.56 Å². The zero-order valence-corrected chi connectivity index (χ0v) is 7.59. The highest BCUT2D eigenvalue weighted by Crippen LogP contribution is 2.14. The third-order valence-corrected chi connectivity index (χ3v) is 2.05. The molecular formula is C7H7ClN4O. The summed E-state index contributed by atoms with van der Waals surface area (Å²) in [7, 11) is 0. The van der Waals surface area contributed by atoms with E-state index in [0.29, 0.717) is 16.6 Å². The van der Waals surface area contributed by atoms with Crippen molar-refractivity contribution >= 4 is 22.5 Å². The highest BCUT2D eigenvalue weighted by Gasteiger charge is 2.09. The molecule has 0 radical (unpaired) electrons. The number of fused-ring (bicyclic) bond motifs is 1. The van der Waals surface area contributed by atoms with Crippen molar-refractivity contribution in [1.29, 1.82) is 0 Å². The third kappa shape index (κ3) is 1.08. The molecule has 0 saturated carbocycles. The van der Waals surface area contributed by atoms with Crippen LogP contribution in [0.3, 0.4) is 0 Å². The predicted octanol–water partition coefficient (Wildman–Crippen LogP) is 0.400. The van der Waals surface area contributed by atoms with Crippen LogP contribution in [-0.4, -0.2) is 14.9 Å². The smallest absolute Gasteiger partial charge is 0.260 e. The number of H-pyrrole nitrogens is 1. The van der Waals surface area contributed by atoms with Crippen LogP contribution in [0.15, 0.2) is 10.9 Å². The Balaban J connectivity index is 3.06. The Labute approximate surface area is 78.1 Å². The monoisotopic (exact) mass is 198 g/mol.